The Morgan fingerprint density at radius 2 is 1.97 bits per heavy atom. The van der Waals surface area contributed by atoms with Crippen LogP contribution >= 0.6 is 11.3 Å². The van der Waals surface area contributed by atoms with E-state index in [4.69, 9.17) is 5.11 Å². The van der Waals surface area contributed by atoms with E-state index < -0.39 is 6.10 Å². The van der Waals surface area contributed by atoms with Gasteiger partial charge in [0.1, 0.15) is 5.82 Å². The van der Waals surface area contributed by atoms with Crippen LogP contribution in [0.25, 0.3) is 10.2 Å². The lowest BCUT2D eigenvalue weighted by Gasteiger charge is -2.36. The molecule has 0 radical (unpaired) electrons. The molecule has 0 saturated carbocycles. The second-order valence-corrected chi connectivity index (χ2v) is 8.25. The number of rotatable bonds is 5. The van der Waals surface area contributed by atoms with Crippen LogP contribution in [0.15, 0.2) is 42.5 Å². The molecule has 1 aliphatic rings. The van der Waals surface area contributed by atoms with Crippen LogP contribution in [0.3, 0.4) is 0 Å². The van der Waals surface area contributed by atoms with Gasteiger partial charge < -0.3 is 20.0 Å². The molecule has 4 rings (SSSR count). The summed E-state index contributed by atoms with van der Waals surface area (Å²) in [5.41, 5.74) is 1.96. The Kier molecular flexibility index (Phi) is 6.12. The lowest BCUT2D eigenvalue weighted by atomic mass is 10.1. The largest absolute Gasteiger partial charge is 0.394 e. The average molecular weight is 431 g/mol. The van der Waals surface area contributed by atoms with Crippen molar-refractivity contribution in [2.24, 2.45) is 0 Å². The molecule has 1 atom stereocenters. The molecule has 30 heavy (non-hydrogen) atoms. The summed E-state index contributed by atoms with van der Waals surface area (Å²) in [5, 5.41) is 21.9. The number of urea groups is 1. The van der Waals surface area contributed by atoms with Crippen molar-refractivity contribution in [2.45, 2.75) is 12.5 Å². The number of amides is 2. The number of para-hydroxylation sites is 1. The fourth-order valence-corrected chi connectivity index (χ4v) is 4.37. The van der Waals surface area contributed by atoms with Gasteiger partial charge in [-0.1, -0.05) is 29.5 Å². The van der Waals surface area contributed by atoms with Gasteiger partial charge in [-0.25, -0.2) is 14.2 Å². The number of hydrogen-bond donors (Lipinski definition) is 3. The molecule has 1 aromatic heterocycles. The molecule has 7 nitrogen and oxygen atoms in total. The minimum absolute atomic E-state index is 0.202. The summed E-state index contributed by atoms with van der Waals surface area (Å²) >= 11 is 1.43. The Hall–Kier alpha value is -2.75. The smallest absolute Gasteiger partial charge is 0.323 e. The Morgan fingerprint density at radius 1 is 1.20 bits per heavy atom. The van der Waals surface area contributed by atoms with Gasteiger partial charge in [-0.3, -0.25) is 5.32 Å². The maximum absolute atomic E-state index is 14.5. The molecule has 3 N–H and O–H groups in total. The van der Waals surface area contributed by atoms with Crippen LogP contribution in [0.2, 0.25) is 0 Å². The summed E-state index contributed by atoms with van der Waals surface area (Å²) in [4.78, 5) is 20.6. The number of carbonyl (C=O) groups is 1. The van der Waals surface area contributed by atoms with Crippen molar-refractivity contribution >= 4 is 38.4 Å². The average Bonchev–Trinajstić information content (AvgIpc) is 3.16. The van der Waals surface area contributed by atoms with Gasteiger partial charge in [0.2, 0.25) is 0 Å². The number of nitrogens with one attached hydrogen (secondary N) is 1. The number of halogens is 1. The topological polar surface area (TPSA) is 88.9 Å². The highest BCUT2D eigenvalue weighted by molar-refractivity contribution is 7.22. The van der Waals surface area contributed by atoms with E-state index in [1.54, 1.807) is 17.0 Å². The number of aromatic nitrogens is 1. The highest BCUT2D eigenvalue weighted by Crippen LogP contribution is 2.26. The van der Waals surface area contributed by atoms with Crippen LogP contribution in [0.1, 0.15) is 5.56 Å². The first-order chi connectivity index (χ1) is 14.5. The number of benzene rings is 2. The first-order valence-corrected chi connectivity index (χ1v) is 10.6. The maximum atomic E-state index is 14.5. The van der Waals surface area contributed by atoms with Gasteiger partial charge in [0.25, 0.3) is 0 Å². The van der Waals surface area contributed by atoms with Gasteiger partial charge in [0, 0.05) is 32.6 Å². The number of thiazole rings is 1. The lowest BCUT2D eigenvalue weighted by molar-refractivity contribution is 0.0954. The van der Waals surface area contributed by atoms with Gasteiger partial charge in [0.05, 0.1) is 28.6 Å². The van der Waals surface area contributed by atoms with Crippen molar-refractivity contribution in [3.63, 3.8) is 0 Å². The van der Waals surface area contributed by atoms with Crippen molar-refractivity contribution < 1.29 is 19.4 Å². The zero-order valence-corrected chi connectivity index (χ0v) is 17.1. The van der Waals surface area contributed by atoms with E-state index in [0.29, 0.717) is 42.6 Å². The minimum Gasteiger partial charge on any atom is -0.394 e. The predicted octanol–water partition coefficient (Wildman–Crippen LogP) is 2.69. The number of fused-ring (bicyclic) bond motifs is 1. The molecule has 2 heterocycles. The van der Waals surface area contributed by atoms with E-state index in [-0.39, 0.29) is 24.9 Å². The van der Waals surface area contributed by atoms with Crippen molar-refractivity contribution in [2.75, 3.05) is 43.0 Å². The Morgan fingerprint density at radius 3 is 2.67 bits per heavy atom. The number of aliphatic hydroxyl groups is 2. The molecule has 0 aliphatic carbocycles. The molecule has 0 bridgehead atoms. The Balaban J connectivity index is 1.34. The predicted molar refractivity (Wildman–Crippen MR) is 116 cm³/mol. The molecule has 2 amide bonds. The van der Waals surface area contributed by atoms with E-state index in [9.17, 15) is 14.3 Å². The molecule has 1 aliphatic heterocycles. The van der Waals surface area contributed by atoms with Crippen LogP contribution in [0, 0.1) is 5.82 Å². The number of aliphatic hydroxyl groups excluding tert-OH is 2. The normalized spacial score (nSPS) is 15.4. The van der Waals surface area contributed by atoms with E-state index in [2.05, 4.69) is 10.3 Å². The van der Waals surface area contributed by atoms with E-state index in [1.165, 1.54) is 17.4 Å². The zero-order valence-electron chi connectivity index (χ0n) is 16.3. The Labute approximate surface area is 177 Å². The van der Waals surface area contributed by atoms with Crippen molar-refractivity contribution in [3.8, 4) is 0 Å². The molecule has 3 aromatic rings. The third kappa shape index (κ3) is 4.53. The summed E-state index contributed by atoms with van der Waals surface area (Å²) in [6, 6.07) is 12.3. The molecular formula is C21H23FN4O3S. The maximum Gasteiger partial charge on any atom is 0.323 e. The van der Waals surface area contributed by atoms with Gasteiger partial charge >= 0.3 is 6.03 Å². The first-order valence-electron chi connectivity index (χ1n) is 9.77. The van der Waals surface area contributed by atoms with E-state index >= 15 is 0 Å². The second kappa shape index (κ2) is 8.95. The lowest BCUT2D eigenvalue weighted by Crippen LogP contribution is -2.50. The first kappa shape index (κ1) is 20.5. The molecular weight excluding hydrogens is 407 g/mol. The molecule has 1 fully saturated rings. The summed E-state index contributed by atoms with van der Waals surface area (Å²) in [6.07, 6.45) is -0.694. The SMILES string of the molecule is O=C(Nc1nc2ccccc2s1)N1CCN(c2ccc(C[C@H](O)CO)cc2F)CC1. The minimum atomic E-state index is -0.896. The Bertz CT molecular complexity index is 1000. The summed E-state index contributed by atoms with van der Waals surface area (Å²) in [6.45, 7) is 1.62. The van der Waals surface area contributed by atoms with Gasteiger partial charge in [0.15, 0.2) is 5.13 Å². The standard InChI is InChI=1S/C21H23FN4O3S/c22-16-12-14(11-15(28)13-27)5-6-18(16)25-7-9-26(10-8-25)21(29)24-20-23-17-3-1-2-4-19(17)30-20/h1-6,12,15,27-28H,7-11,13H2,(H,23,24,29)/t15-/m0/s1. The fraction of sp³-hybridized carbons (Fsp3) is 0.333. The van der Waals surface area contributed by atoms with Crippen molar-refractivity contribution in [1.29, 1.82) is 0 Å². The molecule has 2 aromatic carbocycles. The number of nitrogens with zero attached hydrogens (tertiary/aromatic N) is 3. The number of piperazine rings is 1. The molecule has 9 heteroatoms. The molecule has 158 valence electrons. The van der Waals surface area contributed by atoms with E-state index in [1.807, 2.05) is 29.2 Å². The summed E-state index contributed by atoms with van der Waals surface area (Å²) in [7, 11) is 0. The highest BCUT2D eigenvalue weighted by Gasteiger charge is 2.23. The zero-order chi connectivity index (χ0) is 21.1. The molecule has 0 spiro atoms. The third-order valence-corrected chi connectivity index (χ3v) is 6.06. The van der Waals surface area contributed by atoms with Crippen LogP contribution in [0.5, 0.6) is 0 Å². The third-order valence-electron chi connectivity index (χ3n) is 5.11. The van der Waals surface area contributed by atoms with Gasteiger partial charge in [-0.05, 0) is 29.8 Å². The van der Waals surface area contributed by atoms with Crippen LogP contribution in [0.4, 0.5) is 20.0 Å². The molecule has 1 saturated heterocycles. The number of hydrogen-bond acceptors (Lipinski definition) is 6. The monoisotopic (exact) mass is 430 g/mol. The van der Waals surface area contributed by atoms with Crippen molar-refractivity contribution in [1.82, 2.24) is 9.88 Å². The summed E-state index contributed by atoms with van der Waals surface area (Å²) in [5.74, 6) is -0.370. The number of anilines is 2. The fourth-order valence-electron chi connectivity index (χ4n) is 3.52. The van der Waals surface area contributed by atoms with Crippen molar-refractivity contribution in [3.05, 3.63) is 53.8 Å². The van der Waals surface area contributed by atoms with Crippen LogP contribution in [-0.2, 0) is 6.42 Å². The quantitative estimate of drug-likeness (QED) is 0.579. The number of carbonyl (C=O) groups excluding carboxylic acids is 1. The second-order valence-electron chi connectivity index (χ2n) is 7.22. The summed E-state index contributed by atoms with van der Waals surface area (Å²) < 4.78 is 15.6. The van der Waals surface area contributed by atoms with E-state index in [0.717, 1.165) is 10.2 Å². The highest BCUT2D eigenvalue weighted by atomic mass is 32.1. The van der Waals surface area contributed by atoms with Gasteiger partial charge in [-0.15, -0.1) is 0 Å². The van der Waals surface area contributed by atoms with Crippen LogP contribution < -0.4 is 10.2 Å². The van der Waals surface area contributed by atoms with Crippen LogP contribution in [-0.4, -0.2) is 65.0 Å². The molecule has 0 unspecified atom stereocenters. The van der Waals surface area contributed by atoms with Gasteiger partial charge in [-0.2, -0.15) is 0 Å².